The largest absolute Gasteiger partial charge is 0.272 e. The Balaban J connectivity index is 3.95. The quantitative estimate of drug-likeness (QED) is 0.362. The van der Waals surface area contributed by atoms with Crippen LogP contribution in [0.25, 0.3) is 0 Å². The van der Waals surface area contributed by atoms with Crippen LogP contribution >= 0.6 is 46.3 Å². The lowest BCUT2D eigenvalue weighted by Crippen LogP contribution is -2.18. The van der Waals surface area contributed by atoms with Crippen molar-refractivity contribution in [2.24, 2.45) is 0 Å². The highest BCUT2D eigenvalue weighted by Crippen LogP contribution is 2.39. The second kappa shape index (κ2) is 4.12. The molecule has 0 spiro atoms. The van der Waals surface area contributed by atoms with Gasteiger partial charge in [-0.15, -0.1) is 25.3 Å². The van der Waals surface area contributed by atoms with Gasteiger partial charge in [0.1, 0.15) is 3.82 Å². The van der Waals surface area contributed by atoms with E-state index in [-0.39, 0.29) is 13.7 Å². The van der Waals surface area contributed by atoms with Gasteiger partial charge in [0.05, 0.1) is 0 Å². The normalized spacial score (nSPS) is 16.0. The van der Waals surface area contributed by atoms with Gasteiger partial charge < -0.3 is 0 Å². The SMILES string of the molecule is CCC(S)C(S)(S)P=O. The fraction of sp³-hybridized carbons (Fsp3) is 1.00. The van der Waals surface area contributed by atoms with E-state index in [9.17, 15) is 4.57 Å². The molecule has 0 N–H and O–H groups in total. The maximum absolute atomic E-state index is 10.3. The smallest absolute Gasteiger partial charge is 0.184 e. The molecule has 0 saturated heterocycles. The molecule has 0 rings (SSSR count). The van der Waals surface area contributed by atoms with E-state index in [1.807, 2.05) is 6.92 Å². The first-order valence-electron chi connectivity index (χ1n) is 2.52. The minimum Gasteiger partial charge on any atom is -0.272 e. The van der Waals surface area contributed by atoms with E-state index in [0.717, 1.165) is 6.42 Å². The molecule has 0 fully saturated rings. The Hall–Kier alpha value is 1.15. The van der Waals surface area contributed by atoms with Crippen molar-refractivity contribution in [3.63, 3.8) is 0 Å². The summed E-state index contributed by atoms with van der Waals surface area (Å²) >= 11 is 12.2. The standard InChI is InChI=1S/C4H9OPS3/c1-2-3(7)4(8,9)6-5/h3,7-9H,2H2,1H3. The summed E-state index contributed by atoms with van der Waals surface area (Å²) in [6.07, 6.45) is 0.811. The fourth-order valence-corrected chi connectivity index (χ4v) is 1.15. The van der Waals surface area contributed by atoms with Crippen LogP contribution in [0.5, 0.6) is 0 Å². The molecule has 0 heterocycles. The zero-order valence-electron chi connectivity index (χ0n) is 4.98. The van der Waals surface area contributed by atoms with Gasteiger partial charge >= 0.3 is 0 Å². The highest BCUT2D eigenvalue weighted by Gasteiger charge is 2.28. The Bertz CT molecular complexity index is 106. The first kappa shape index (κ1) is 10.2. The molecule has 9 heavy (non-hydrogen) atoms. The van der Waals surface area contributed by atoms with Gasteiger partial charge in [-0.05, 0) is 6.42 Å². The predicted molar refractivity (Wildman–Crippen MR) is 51.4 cm³/mol. The molecular weight excluding hydrogens is 191 g/mol. The molecule has 5 heteroatoms. The van der Waals surface area contributed by atoms with Crippen molar-refractivity contribution in [1.29, 1.82) is 0 Å². The Morgan fingerprint density at radius 3 is 2.22 bits per heavy atom. The molecular formula is C4H9OPS3. The summed E-state index contributed by atoms with van der Waals surface area (Å²) in [6, 6.07) is 0. The van der Waals surface area contributed by atoms with Crippen LogP contribution in [-0.2, 0) is 4.57 Å². The van der Waals surface area contributed by atoms with Crippen molar-refractivity contribution in [3.05, 3.63) is 0 Å². The van der Waals surface area contributed by atoms with Crippen molar-refractivity contribution in [3.8, 4) is 0 Å². The number of thiol groups is 3. The van der Waals surface area contributed by atoms with Gasteiger partial charge in [-0.3, -0.25) is 4.57 Å². The first-order valence-corrected chi connectivity index (χ1v) is 4.74. The van der Waals surface area contributed by atoms with Gasteiger partial charge in [-0.1, -0.05) is 6.92 Å². The van der Waals surface area contributed by atoms with Crippen LogP contribution in [0.1, 0.15) is 13.3 Å². The summed E-state index contributed by atoms with van der Waals surface area (Å²) < 4.78 is 9.54. The van der Waals surface area contributed by atoms with Gasteiger partial charge in [0, 0.05) is 5.25 Å². The summed E-state index contributed by atoms with van der Waals surface area (Å²) in [4.78, 5) is 0. The summed E-state index contributed by atoms with van der Waals surface area (Å²) in [5, 5.41) is -0.0386. The van der Waals surface area contributed by atoms with Crippen LogP contribution in [0.3, 0.4) is 0 Å². The molecule has 0 aliphatic carbocycles. The van der Waals surface area contributed by atoms with Crippen molar-refractivity contribution < 1.29 is 4.57 Å². The predicted octanol–water partition coefficient (Wildman–Crippen LogP) is 2.50. The summed E-state index contributed by atoms with van der Waals surface area (Å²) in [6.45, 7) is 1.95. The van der Waals surface area contributed by atoms with E-state index < -0.39 is 3.82 Å². The molecule has 54 valence electrons. The fourth-order valence-electron chi connectivity index (χ4n) is 0.335. The molecule has 1 nitrogen and oxygen atoms in total. The summed E-state index contributed by atoms with van der Waals surface area (Å²) in [5.41, 5.74) is 0. The lowest BCUT2D eigenvalue weighted by molar-refractivity contribution is 0.594. The molecule has 0 aromatic rings. The van der Waals surface area contributed by atoms with Crippen LogP contribution in [-0.4, -0.2) is 9.07 Å². The number of hydrogen-bond donors (Lipinski definition) is 3. The molecule has 0 saturated carbocycles. The molecule has 0 amide bonds. The van der Waals surface area contributed by atoms with E-state index in [4.69, 9.17) is 0 Å². The molecule has 0 aromatic heterocycles. The maximum Gasteiger partial charge on any atom is 0.184 e. The number of rotatable bonds is 3. The Morgan fingerprint density at radius 1 is 1.67 bits per heavy atom. The second-order valence-corrected chi connectivity index (χ2v) is 5.68. The van der Waals surface area contributed by atoms with Crippen LogP contribution in [0.15, 0.2) is 0 Å². The van der Waals surface area contributed by atoms with E-state index >= 15 is 0 Å². The minimum absolute atomic E-state index is 0.0386. The Labute approximate surface area is 73.4 Å². The molecule has 0 aromatic carbocycles. The molecule has 0 bridgehead atoms. The molecule has 0 aliphatic heterocycles. The summed E-state index contributed by atoms with van der Waals surface area (Å²) in [5.74, 6) is 0. The van der Waals surface area contributed by atoms with Crippen molar-refractivity contribution in [2.45, 2.75) is 22.4 Å². The topological polar surface area (TPSA) is 17.1 Å². The van der Waals surface area contributed by atoms with Crippen molar-refractivity contribution in [1.82, 2.24) is 0 Å². The highest BCUT2D eigenvalue weighted by atomic mass is 32.2. The maximum atomic E-state index is 10.3. The lowest BCUT2D eigenvalue weighted by Gasteiger charge is -2.19. The third-order valence-electron chi connectivity index (χ3n) is 0.968. The zero-order valence-corrected chi connectivity index (χ0v) is 8.56. The van der Waals surface area contributed by atoms with Crippen LogP contribution in [0.2, 0.25) is 0 Å². The van der Waals surface area contributed by atoms with Gasteiger partial charge in [-0.25, -0.2) is 0 Å². The van der Waals surface area contributed by atoms with Crippen LogP contribution in [0, 0.1) is 0 Å². The third-order valence-corrected chi connectivity index (χ3v) is 4.03. The third kappa shape index (κ3) is 3.17. The zero-order chi connectivity index (χ0) is 7.49. The monoisotopic (exact) mass is 200 g/mol. The van der Waals surface area contributed by atoms with Crippen molar-refractivity contribution in [2.75, 3.05) is 0 Å². The molecule has 0 radical (unpaired) electrons. The Morgan fingerprint density at radius 2 is 2.11 bits per heavy atom. The molecule has 0 aliphatic rings. The van der Waals surface area contributed by atoms with E-state index in [2.05, 4.69) is 37.9 Å². The summed E-state index contributed by atoms with van der Waals surface area (Å²) in [7, 11) is -0.0823. The Kier molecular flexibility index (Phi) is 4.64. The first-order chi connectivity index (χ1) is 4.04. The van der Waals surface area contributed by atoms with Gasteiger partial charge in [0.25, 0.3) is 0 Å². The van der Waals surface area contributed by atoms with Gasteiger partial charge in [-0.2, -0.15) is 12.6 Å². The molecule has 1 atom stereocenters. The van der Waals surface area contributed by atoms with E-state index in [1.165, 1.54) is 0 Å². The van der Waals surface area contributed by atoms with E-state index in [0.29, 0.717) is 0 Å². The van der Waals surface area contributed by atoms with Crippen molar-refractivity contribution >= 4 is 46.3 Å². The lowest BCUT2D eigenvalue weighted by atomic mass is 10.4. The number of hydrogen-bond acceptors (Lipinski definition) is 4. The minimum atomic E-state index is -0.780. The highest BCUT2D eigenvalue weighted by molar-refractivity contribution is 8.08. The van der Waals surface area contributed by atoms with Crippen LogP contribution in [0.4, 0.5) is 0 Å². The molecule has 1 unspecified atom stereocenters. The average molecular weight is 200 g/mol. The van der Waals surface area contributed by atoms with E-state index in [1.54, 1.807) is 0 Å². The van der Waals surface area contributed by atoms with Gasteiger partial charge in [0.2, 0.25) is 0 Å². The van der Waals surface area contributed by atoms with Crippen LogP contribution < -0.4 is 0 Å². The second-order valence-electron chi connectivity index (χ2n) is 1.70. The van der Waals surface area contributed by atoms with Gasteiger partial charge in [0.15, 0.2) is 8.46 Å². The average Bonchev–Trinajstić information content (AvgIpc) is 1.86.